The van der Waals surface area contributed by atoms with E-state index in [9.17, 15) is 4.79 Å². The Kier molecular flexibility index (Phi) is 4.39. The minimum absolute atomic E-state index is 0.241. The molecule has 5 heteroatoms. The van der Waals surface area contributed by atoms with Gasteiger partial charge in [-0.15, -0.1) is 0 Å². The maximum atomic E-state index is 11.9. The first-order chi connectivity index (χ1) is 9.47. The number of hydrogen-bond acceptors (Lipinski definition) is 3. The molecule has 0 unspecified atom stereocenters. The predicted octanol–water partition coefficient (Wildman–Crippen LogP) is 3.81. The molecule has 0 atom stereocenters. The Balaban J connectivity index is 2.10. The number of nitrogens with zero attached hydrogens (tertiary/aromatic N) is 1. The predicted molar refractivity (Wildman–Crippen MR) is 82.0 cm³/mol. The Labute approximate surface area is 126 Å². The first-order valence-corrected chi connectivity index (χ1v) is 6.94. The minimum atomic E-state index is -0.241. The van der Waals surface area contributed by atoms with Gasteiger partial charge in [0, 0.05) is 15.6 Å². The zero-order chi connectivity index (χ0) is 14.7. The molecule has 104 valence electrons. The number of nitrogens with one attached hydrogen (secondary N) is 1. The van der Waals surface area contributed by atoms with Crippen LogP contribution in [0.5, 0.6) is 0 Å². The molecule has 2 aromatic rings. The topological polar surface area (TPSA) is 54.6 Å². The maximum absolute atomic E-state index is 11.9. The van der Waals surface area contributed by atoms with E-state index in [0.717, 1.165) is 21.6 Å². The molecule has 0 aliphatic rings. The van der Waals surface area contributed by atoms with Gasteiger partial charge in [0.25, 0.3) is 5.91 Å². The molecule has 0 aliphatic heterocycles. The van der Waals surface area contributed by atoms with E-state index in [4.69, 9.17) is 4.42 Å². The van der Waals surface area contributed by atoms with Crippen LogP contribution in [0.4, 0.5) is 0 Å². The van der Waals surface area contributed by atoms with E-state index in [0.29, 0.717) is 11.3 Å². The molecule has 20 heavy (non-hydrogen) atoms. The molecule has 4 nitrogen and oxygen atoms in total. The number of furan rings is 1. The van der Waals surface area contributed by atoms with Crippen molar-refractivity contribution in [2.45, 2.75) is 20.8 Å². The second-order valence-corrected chi connectivity index (χ2v) is 5.39. The third-order valence-corrected chi connectivity index (χ3v) is 3.39. The lowest BCUT2D eigenvalue weighted by Gasteiger charge is -2.02. The van der Waals surface area contributed by atoms with E-state index in [-0.39, 0.29) is 5.91 Å². The Morgan fingerprint density at radius 3 is 2.45 bits per heavy atom. The Bertz CT molecular complexity index is 657. The standard InChI is InChI=1S/C15H15BrN2O2/c1-9-8-14(11(3)20-9)10(2)17-18-15(19)12-4-6-13(16)7-5-12/h4-8H,1-3H3,(H,18,19)/b17-10-. The van der Waals surface area contributed by atoms with Crippen LogP contribution in [0.2, 0.25) is 0 Å². The summed E-state index contributed by atoms with van der Waals surface area (Å²) in [4.78, 5) is 11.9. The summed E-state index contributed by atoms with van der Waals surface area (Å²) in [5.41, 5.74) is 4.72. The van der Waals surface area contributed by atoms with E-state index >= 15 is 0 Å². The van der Waals surface area contributed by atoms with Gasteiger partial charge in [-0.1, -0.05) is 15.9 Å². The smallest absolute Gasteiger partial charge is 0.271 e. The summed E-state index contributed by atoms with van der Waals surface area (Å²) in [6.45, 7) is 5.58. The molecule has 0 radical (unpaired) electrons. The van der Waals surface area contributed by atoms with Crippen molar-refractivity contribution in [1.82, 2.24) is 5.43 Å². The van der Waals surface area contributed by atoms with Gasteiger partial charge in [-0.25, -0.2) is 5.43 Å². The van der Waals surface area contributed by atoms with Crippen LogP contribution in [0.25, 0.3) is 0 Å². The van der Waals surface area contributed by atoms with Crippen LogP contribution in [-0.2, 0) is 0 Å². The summed E-state index contributed by atoms with van der Waals surface area (Å²) < 4.78 is 6.37. The summed E-state index contributed by atoms with van der Waals surface area (Å²) in [6, 6.07) is 9.00. The normalized spacial score (nSPS) is 11.5. The van der Waals surface area contributed by atoms with E-state index in [1.165, 1.54) is 0 Å². The van der Waals surface area contributed by atoms with Crippen LogP contribution in [-0.4, -0.2) is 11.6 Å². The molecule has 1 aromatic heterocycles. The highest BCUT2D eigenvalue weighted by molar-refractivity contribution is 9.10. The fourth-order valence-electron chi connectivity index (χ4n) is 1.85. The number of carbonyl (C=O) groups is 1. The first kappa shape index (κ1) is 14.5. The second-order valence-electron chi connectivity index (χ2n) is 4.47. The molecular formula is C15H15BrN2O2. The summed E-state index contributed by atoms with van der Waals surface area (Å²) in [5.74, 6) is 1.38. The van der Waals surface area contributed by atoms with E-state index < -0.39 is 0 Å². The van der Waals surface area contributed by atoms with Crippen molar-refractivity contribution in [1.29, 1.82) is 0 Å². The van der Waals surface area contributed by atoms with E-state index in [2.05, 4.69) is 26.5 Å². The van der Waals surface area contributed by atoms with Gasteiger partial charge in [-0.3, -0.25) is 4.79 Å². The zero-order valence-corrected chi connectivity index (χ0v) is 13.1. The monoisotopic (exact) mass is 334 g/mol. The number of benzene rings is 1. The van der Waals surface area contributed by atoms with Crippen molar-refractivity contribution in [2.24, 2.45) is 5.10 Å². The lowest BCUT2D eigenvalue weighted by molar-refractivity contribution is 0.0955. The van der Waals surface area contributed by atoms with Crippen LogP contribution in [0, 0.1) is 13.8 Å². The summed E-state index contributed by atoms with van der Waals surface area (Å²) >= 11 is 3.33. The molecular weight excluding hydrogens is 320 g/mol. The van der Waals surface area contributed by atoms with Gasteiger partial charge in [0.05, 0.1) is 5.71 Å². The number of carbonyl (C=O) groups excluding carboxylic acids is 1. The maximum Gasteiger partial charge on any atom is 0.271 e. The minimum Gasteiger partial charge on any atom is -0.466 e. The largest absolute Gasteiger partial charge is 0.466 e. The Morgan fingerprint density at radius 1 is 1.25 bits per heavy atom. The van der Waals surface area contributed by atoms with Gasteiger partial charge in [0.2, 0.25) is 0 Å². The molecule has 1 N–H and O–H groups in total. The highest BCUT2D eigenvalue weighted by Crippen LogP contribution is 2.14. The van der Waals surface area contributed by atoms with Crippen LogP contribution in [0.3, 0.4) is 0 Å². The summed E-state index contributed by atoms with van der Waals surface area (Å²) in [6.07, 6.45) is 0. The fourth-order valence-corrected chi connectivity index (χ4v) is 2.12. The van der Waals surface area contributed by atoms with Crippen LogP contribution < -0.4 is 5.43 Å². The number of halogens is 1. The molecule has 0 fully saturated rings. The summed E-state index contributed by atoms with van der Waals surface area (Å²) in [5, 5.41) is 4.11. The molecule has 0 spiro atoms. The molecule has 1 heterocycles. The lowest BCUT2D eigenvalue weighted by atomic mass is 10.2. The molecule has 0 bridgehead atoms. The van der Waals surface area contributed by atoms with Gasteiger partial charge in [-0.05, 0) is 51.1 Å². The highest BCUT2D eigenvalue weighted by Gasteiger charge is 2.09. The molecule has 0 saturated heterocycles. The van der Waals surface area contributed by atoms with Crippen molar-refractivity contribution in [3.05, 3.63) is 57.5 Å². The molecule has 1 amide bonds. The van der Waals surface area contributed by atoms with Crippen LogP contribution >= 0.6 is 15.9 Å². The fraction of sp³-hybridized carbons (Fsp3) is 0.200. The second kappa shape index (κ2) is 6.05. The van der Waals surface area contributed by atoms with Crippen molar-refractivity contribution >= 4 is 27.5 Å². The third-order valence-electron chi connectivity index (χ3n) is 2.86. The van der Waals surface area contributed by atoms with Gasteiger partial charge in [0.15, 0.2) is 0 Å². The number of hydrazone groups is 1. The van der Waals surface area contributed by atoms with Crippen LogP contribution in [0.1, 0.15) is 34.4 Å². The van der Waals surface area contributed by atoms with Crippen molar-refractivity contribution < 1.29 is 9.21 Å². The molecule has 0 aliphatic carbocycles. The average Bonchev–Trinajstić information content (AvgIpc) is 2.75. The lowest BCUT2D eigenvalue weighted by Crippen LogP contribution is -2.19. The first-order valence-electron chi connectivity index (χ1n) is 6.15. The van der Waals surface area contributed by atoms with Gasteiger partial charge in [0.1, 0.15) is 11.5 Å². The quantitative estimate of drug-likeness (QED) is 0.685. The SMILES string of the molecule is C/C(=N/NC(=O)c1ccc(Br)cc1)c1cc(C)oc1C. The highest BCUT2D eigenvalue weighted by atomic mass is 79.9. The van der Waals surface area contributed by atoms with Crippen molar-refractivity contribution in [3.8, 4) is 0 Å². The van der Waals surface area contributed by atoms with Gasteiger partial charge < -0.3 is 4.42 Å². The number of aryl methyl sites for hydroxylation is 2. The average molecular weight is 335 g/mol. The van der Waals surface area contributed by atoms with Gasteiger partial charge in [-0.2, -0.15) is 5.10 Å². The van der Waals surface area contributed by atoms with E-state index in [1.807, 2.05) is 39.0 Å². The number of amides is 1. The Hall–Kier alpha value is -1.88. The van der Waals surface area contributed by atoms with E-state index in [1.54, 1.807) is 12.1 Å². The molecule has 0 saturated carbocycles. The third kappa shape index (κ3) is 3.36. The van der Waals surface area contributed by atoms with Crippen molar-refractivity contribution in [3.63, 3.8) is 0 Å². The summed E-state index contributed by atoms with van der Waals surface area (Å²) in [7, 11) is 0. The van der Waals surface area contributed by atoms with Gasteiger partial charge >= 0.3 is 0 Å². The number of hydrogen-bond donors (Lipinski definition) is 1. The number of rotatable bonds is 3. The van der Waals surface area contributed by atoms with Crippen LogP contribution in [0.15, 0.2) is 44.3 Å². The zero-order valence-electron chi connectivity index (χ0n) is 11.5. The molecule has 1 aromatic carbocycles. The Morgan fingerprint density at radius 2 is 1.90 bits per heavy atom. The molecule has 2 rings (SSSR count). The van der Waals surface area contributed by atoms with Crippen molar-refractivity contribution in [2.75, 3.05) is 0 Å².